The quantitative estimate of drug-likeness (QED) is 0.902. The number of ether oxygens (including phenoxy) is 1. The predicted molar refractivity (Wildman–Crippen MR) is 76.0 cm³/mol. The molecule has 0 spiro atoms. The minimum absolute atomic E-state index is 0.0965. The summed E-state index contributed by atoms with van der Waals surface area (Å²) < 4.78 is 31.9. The Morgan fingerprint density at radius 2 is 2.14 bits per heavy atom. The van der Waals surface area contributed by atoms with Gasteiger partial charge in [0.25, 0.3) is 0 Å². The van der Waals surface area contributed by atoms with Gasteiger partial charge in [0.15, 0.2) is 5.69 Å². The number of benzene rings is 1. The number of nitriles is 1. The van der Waals surface area contributed by atoms with Crippen molar-refractivity contribution in [2.45, 2.75) is 11.4 Å². The Balaban J connectivity index is 2.20. The molecule has 0 aliphatic heterocycles. The van der Waals surface area contributed by atoms with Crippen LogP contribution in [0.4, 0.5) is 0 Å². The lowest BCUT2D eigenvalue weighted by molar-refractivity contribution is 0.414. The van der Waals surface area contributed by atoms with Crippen molar-refractivity contribution in [3.63, 3.8) is 0 Å². The lowest BCUT2D eigenvalue weighted by Crippen LogP contribution is -2.24. The molecule has 21 heavy (non-hydrogen) atoms. The summed E-state index contributed by atoms with van der Waals surface area (Å²) in [6, 6.07) is 11.6. The van der Waals surface area contributed by atoms with Gasteiger partial charge in [-0.1, -0.05) is 12.1 Å². The number of rotatable bonds is 5. The van der Waals surface area contributed by atoms with Crippen LogP contribution in [-0.2, 0) is 16.6 Å². The fourth-order valence-electron chi connectivity index (χ4n) is 1.73. The zero-order valence-electron chi connectivity index (χ0n) is 11.3. The molecule has 0 bridgehead atoms. The van der Waals surface area contributed by atoms with Crippen molar-refractivity contribution in [3.8, 4) is 11.8 Å². The van der Waals surface area contributed by atoms with E-state index in [2.05, 4.69) is 9.71 Å². The van der Waals surface area contributed by atoms with E-state index in [-0.39, 0.29) is 17.1 Å². The van der Waals surface area contributed by atoms with Crippen LogP contribution < -0.4 is 9.46 Å². The number of methoxy groups -OCH3 is 1. The van der Waals surface area contributed by atoms with Crippen LogP contribution in [0.5, 0.6) is 5.75 Å². The maximum atomic E-state index is 12.2. The highest BCUT2D eigenvalue weighted by Crippen LogP contribution is 2.15. The van der Waals surface area contributed by atoms with Crippen LogP contribution in [0.15, 0.2) is 47.5 Å². The second kappa shape index (κ2) is 6.35. The largest absolute Gasteiger partial charge is 0.497 e. The minimum atomic E-state index is -3.80. The van der Waals surface area contributed by atoms with Gasteiger partial charge in [0, 0.05) is 12.7 Å². The number of hydrogen-bond donors (Lipinski definition) is 1. The van der Waals surface area contributed by atoms with Crippen molar-refractivity contribution in [2.24, 2.45) is 0 Å². The Morgan fingerprint density at radius 3 is 2.86 bits per heavy atom. The molecule has 1 aromatic carbocycles. The Hall–Kier alpha value is -2.43. The van der Waals surface area contributed by atoms with Gasteiger partial charge in [-0.15, -0.1) is 0 Å². The van der Waals surface area contributed by atoms with Gasteiger partial charge in [0.05, 0.1) is 7.11 Å². The Kier molecular flexibility index (Phi) is 4.52. The van der Waals surface area contributed by atoms with Crippen LogP contribution in [0.1, 0.15) is 11.3 Å². The third-order valence-corrected chi connectivity index (χ3v) is 4.20. The molecular formula is C14H13N3O3S. The van der Waals surface area contributed by atoms with Gasteiger partial charge in [-0.2, -0.15) is 5.26 Å². The van der Waals surface area contributed by atoms with Gasteiger partial charge in [-0.3, -0.25) is 0 Å². The summed E-state index contributed by atoms with van der Waals surface area (Å²) in [6.07, 6.45) is 1.37. The number of hydrogen-bond acceptors (Lipinski definition) is 5. The number of sulfonamides is 1. The van der Waals surface area contributed by atoms with Crippen LogP contribution in [-0.4, -0.2) is 20.5 Å². The predicted octanol–water partition coefficient (Wildman–Crippen LogP) is 1.44. The van der Waals surface area contributed by atoms with Crippen molar-refractivity contribution in [1.29, 1.82) is 5.26 Å². The van der Waals surface area contributed by atoms with Gasteiger partial charge >= 0.3 is 0 Å². The molecule has 0 fully saturated rings. The highest BCUT2D eigenvalue weighted by atomic mass is 32.2. The van der Waals surface area contributed by atoms with E-state index in [9.17, 15) is 8.42 Å². The smallest absolute Gasteiger partial charge is 0.243 e. The van der Waals surface area contributed by atoms with E-state index in [1.165, 1.54) is 25.4 Å². The van der Waals surface area contributed by atoms with Gasteiger partial charge in [-0.05, 0) is 29.8 Å². The first-order valence-electron chi connectivity index (χ1n) is 6.04. The average molecular weight is 303 g/mol. The average Bonchev–Trinajstić information content (AvgIpc) is 2.53. The van der Waals surface area contributed by atoms with Crippen LogP contribution >= 0.6 is 0 Å². The Morgan fingerprint density at radius 1 is 1.33 bits per heavy atom. The summed E-state index contributed by atoms with van der Waals surface area (Å²) in [7, 11) is -2.26. The van der Waals surface area contributed by atoms with E-state index < -0.39 is 10.0 Å². The van der Waals surface area contributed by atoms with Crippen molar-refractivity contribution in [1.82, 2.24) is 9.71 Å². The van der Waals surface area contributed by atoms with Crippen molar-refractivity contribution < 1.29 is 13.2 Å². The molecule has 7 heteroatoms. The molecule has 1 heterocycles. The standard InChI is InChI=1S/C14H13N3O3S/c1-20-12-5-2-4-11(8-12)10-17-21(18,19)14-6-3-7-16-13(14)9-15/h2-8,17H,10H2,1H3. The van der Waals surface area contributed by atoms with Gasteiger partial charge in [0.1, 0.15) is 16.7 Å². The number of aromatic nitrogens is 1. The zero-order chi connectivity index (χ0) is 15.3. The molecule has 0 radical (unpaired) electrons. The monoisotopic (exact) mass is 303 g/mol. The van der Waals surface area contributed by atoms with Crippen LogP contribution in [0.3, 0.4) is 0 Å². The first kappa shape index (κ1) is 15.0. The Bertz CT molecular complexity index is 782. The first-order chi connectivity index (χ1) is 10.1. The molecule has 1 N–H and O–H groups in total. The van der Waals surface area contributed by atoms with E-state index in [4.69, 9.17) is 10.00 Å². The molecule has 0 aliphatic carbocycles. The maximum absolute atomic E-state index is 12.2. The summed E-state index contributed by atoms with van der Waals surface area (Å²) in [5.41, 5.74) is 0.621. The fourth-order valence-corrected chi connectivity index (χ4v) is 2.85. The van der Waals surface area contributed by atoms with Crippen LogP contribution in [0.25, 0.3) is 0 Å². The molecule has 0 aliphatic rings. The summed E-state index contributed by atoms with van der Waals surface area (Å²) in [4.78, 5) is 3.62. The molecule has 2 rings (SSSR count). The SMILES string of the molecule is COc1cccc(CNS(=O)(=O)c2cccnc2C#N)c1. The highest BCUT2D eigenvalue weighted by molar-refractivity contribution is 7.89. The third kappa shape index (κ3) is 3.56. The van der Waals surface area contributed by atoms with E-state index in [1.807, 2.05) is 0 Å². The second-order valence-corrected chi connectivity index (χ2v) is 5.87. The summed E-state index contributed by atoms with van der Waals surface area (Å²) in [5, 5.41) is 8.91. The number of nitrogens with zero attached hydrogens (tertiary/aromatic N) is 2. The van der Waals surface area contributed by atoms with Crippen molar-refractivity contribution >= 4 is 10.0 Å². The molecule has 0 saturated heterocycles. The van der Waals surface area contributed by atoms with Gasteiger partial charge in [-0.25, -0.2) is 18.1 Å². The van der Waals surface area contributed by atoms with E-state index in [1.54, 1.807) is 30.3 Å². The fraction of sp³-hybridized carbons (Fsp3) is 0.143. The number of nitrogens with one attached hydrogen (secondary N) is 1. The zero-order valence-corrected chi connectivity index (χ0v) is 12.1. The van der Waals surface area contributed by atoms with Crippen molar-refractivity contribution in [2.75, 3.05) is 7.11 Å². The summed E-state index contributed by atoms with van der Waals surface area (Å²) >= 11 is 0. The normalized spacial score (nSPS) is 10.9. The number of pyridine rings is 1. The molecule has 108 valence electrons. The molecule has 1 aromatic heterocycles. The topological polar surface area (TPSA) is 92.1 Å². The van der Waals surface area contributed by atoms with Gasteiger partial charge < -0.3 is 4.74 Å². The molecular weight excluding hydrogens is 290 g/mol. The molecule has 0 atom stereocenters. The van der Waals surface area contributed by atoms with Crippen LogP contribution in [0, 0.1) is 11.3 Å². The maximum Gasteiger partial charge on any atom is 0.243 e. The first-order valence-corrected chi connectivity index (χ1v) is 7.53. The molecule has 0 saturated carbocycles. The summed E-state index contributed by atoms with van der Waals surface area (Å²) in [6.45, 7) is 0.0965. The lowest BCUT2D eigenvalue weighted by atomic mass is 10.2. The second-order valence-electron chi connectivity index (χ2n) is 4.14. The minimum Gasteiger partial charge on any atom is -0.497 e. The highest BCUT2D eigenvalue weighted by Gasteiger charge is 2.18. The summed E-state index contributed by atoms with van der Waals surface area (Å²) in [5.74, 6) is 0.644. The molecule has 6 nitrogen and oxygen atoms in total. The Labute approximate surface area is 123 Å². The third-order valence-electron chi connectivity index (χ3n) is 2.77. The molecule has 0 amide bonds. The molecule has 0 unspecified atom stereocenters. The molecule has 2 aromatic rings. The van der Waals surface area contributed by atoms with E-state index in [0.717, 1.165) is 5.56 Å². The van der Waals surface area contributed by atoms with Crippen molar-refractivity contribution in [3.05, 3.63) is 53.9 Å². The van der Waals surface area contributed by atoms with Gasteiger partial charge in [0.2, 0.25) is 10.0 Å². The lowest BCUT2D eigenvalue weighted by Gasteiger charge is -2.08. The van der Waals surface area contributed by atoms with Crippen LogP contribution in [0.2, 0.25) is 0 Å². The van der Waals surface area contributed by atoms with E-state index in [0.29, 0.717) is 5.75 Å². The van der Waals surface area contributed by atoms with E-state index >= 15 is 0 Å².